The van der Waals surface area contributed by atoms with E-state index < -0.39 is 60.6 Å². The van der Waals surface area contributed by atoms with Crippen LogP contribution in [0.2, 0.25) is 0 Å². The lowest BCUT2D eigenvalue weighted by Crippen LogP contribution is -2.67. The number of carbonyl (C=O) groups is 5. The predicted molar refractivity (Wildman–Crippen MR) is 83.7 cm³/mol. The third kappa shape index (κ3) is 6.51. The van der Waals surface area contributed by atoms with E-state index in [1.165, 1.54) is 0 Å². The molecule has 0 aromatic rings. The molecule has 1 fully saturated rings. The maximum atomic E-state index is 11.6. The highest BCUT2D eigenvalue weighted by molar-refractivity contribution is 5.69. The Kier molecular flexibility index (Phi) is 7.70. The molecule has 0 N–H and O–H groups in total. The number of hydrogen-bond donors (Lipinski definition) is 0. The molecule has 0 bridgehead atoms. The smallest absolute Gasteiger partial charge is 0.305 e. The summed E-state index contributed by atoms with van der Waals surface area (Å²) in [7, 11) is 0. The van der Waals surface area contributed by atoms with Crippen molar-refractivity contribution in [3.63, 3.8) is 0 Å². The van der Waals surface area contributed by atoms with E-state index in [0.717, 1.165) is 34.6 Å². The Morgan fingerprint density at radius 3 is 1.81 bits per heavy atom. The lowest BCUT2D eigenvalue weighted by Gasteiger charge is -2.46. The van der Waals surface area contributed by atoms with Crippen molar-refractivity contribution in [3.05, 3.63) is 0 Å². The minimum Gasteiger partial charge on any atom is -0.459 e. The Hall–Kier alpha value is -2.69. The molecule has 1 rings (SSSR count). The average molecular weight is 390 g/mol. The molecule has 1 saturated heterocycles. The third-order valence-electron chi connectivity index (χ3n) is 3.30. The van der Waals surface area contributed by atoms with Crippen molar-refractivity contribution >= 4 is 29.8 Å². The minimum absolute atomic E-state index is 0.385. The molecule has 1 aliphatic heterocycles. The van der Waals surface area contributed by atoms with Gasteiger partial charge in [-0.2, -0.15) is 0 Å². The summed E-state index contributed by atoms with van der Waals surface area (Å²) in [5.41, 5.74) is 0. The van der Waals surface area contributed by atoms with Crippen LogP contribution in [0.25, 0.3) is 0 Å². The van der Waals surface area contributed by atoms with Crippen molar-refractivity contribution in [2.45, 2.75) is 58.7 Å². The van der Waals surface area contributed by atoms with Gasteiger partial charge in [0.2, 0.25) is 6.10 Å². The molecule has 4 unspecified atom stereocenters. The maximum Gasteiger partial charge on any atom is 0.305 e. The van der Waals surface area contributed by atoms with Gasteiger partial charge in [-0.15, -0.1) is 0 Å². The topological polar surface area (TPSA) is 141 Å². The molecule has 0 amide bonds. The van der Waals surface area contributed by atoms with E-state index in [1.54, 1.807) is 0 Å². The van der Waals surface area contributed by atoms with Crippen LogP contribution in [0.15, 0.2) is 0 Å². The van der Waals surface area contributed by atoms with E-state index in [9.17, 15) is 24.0 Å². The van der Waals surface area contributed by atoms with Crippen molar-refractivity contribution in [2.75, 3.05) is 13.2 Å². The Morgan fingerprint density at radius 1 is 0.815 bits per heavy atom. The quantitative estimate of drug-likeness (QED) is 0.433. The first-order valence-electron chi connectivity index (χ1n) is 7.95. The summed E-state index contributed by atoms with van der Waals surface area (Å²) < 4.78 is 30.9. The van der Waals surface area contributed by atoms with Crippen LogP contribution in [0, 0.1) is 0 Å². The van der Waals surface area contributed by atoms with Gasteiger partial charge in [-0.3, -0.25) is 24.0 Å². The molecule has 1 aliphatic rings. The maximum absolute atomic E-state index is 11.6. The van der Waals surface area contributed by atoms with E-state index >= 15 is 0 Å². The molecule has 11 heteroatoms. The lowest BCUT2D eigenvalue weighted by molar-refractivity contribution is -0.338. The molecular weight excluding hydrogens is 368 g/mol. The molecule has 1 heterocycles. The minimum atomic E-state index is -2.10. The van der Waals surface area contributed by atoms with Crippen molar-refractivity contribution in [3.8, 4) is 0 Å². The summed E-state index contributed by atoms with van der Waals surface area (Å²) in [5, 5.41) is 0. The normalized spacial score (nSPS) is 27.1. The van der Waals surface area contributed by atoms with Crippen LogP contribution in [-0.2, 0) is 52.4 Å². The van der Waals surface area contributed by atoms with Gasteiger partial charge in [-0.1, -0.05) is 0 Å². The highest BCUT2D eigenvalue weighted by atomic mass is 16.8. The number of esters is 5. The molecule has 152 valence electrons. The predicted octanol–water partition coefficient (Wildman–Crippen LogP) is -0.366. The molecule has 0 spiro atoms. The largest absolute Gasteiger partial charge is 0.459 e. The number of carbonyl (C=O) groups excluding carboxylic acids is 5. The summed E-state index contributed by atoms with van der Waals surface area (Å²) in [5.74, 6) is -5.98. The Bertz CT molecular complexity index is 613. The second-order valence-corrected chi connectivity index (χ2v) is 5.75. The van der Waals surface area contributed by atoms with Crippen molar-refractivity contribution < 1.29 is 52.4 Å². The molecule has 0 aromatic heterocycles. The van der Waals surface area contributed by atoms with Gasteiger partial charge >= 0.3 is 29.8 Å². The van der Waals surface area contributed by atoms with Crippen LogP contribution in [-0.4, -0.2) is 67.2 Å². The van der Waals surface area contributed by atoms with Gasteiger partial charge in [0.25, 0.3) is 5.79 Å². The van der Waals surface area contributed by atoms with Gasteiger partial charge < -0.3 is 28.4 Å². The third-order valence-corrected chi connectivity index (χ3v) is 3.30. The summed E-state index contributed by atoms with van der Waals surface area (Å²) >= 11 is 0. The van der Waals surface area contributed by atoms with E-state index in [-0.39, 0.29) is 6.61 Å². The van der Waals surface area contributed by atoms with Crippen molar-refractivity contribution in [1.82, 2.24) is 0 Å². The lowest BCUT2D eigenvalue weighted by atomic mass is 9.96. The monoisotopic (exact) mass is 390 g/mol. The van der Waals surface area contributed by atoms with Gasteiger partial charge in [-0.05, 0) is 0 Å². The van der Waals surface area contributed by atoms with Crippen LogP contribution < -0.4 is 0 Å². The number of hydrogen-bond acceptors (Lipinski definition) is 11. The second-order valence-electron chi connectivity index (χ2n) is 5.75. The zero-order valence-electron chi connectivity index (χ0n) is 15.6. The summed E-state index contributed by atoms with van der Waals surface area (Å²) in [4.78, 5) is 57.3. The van der Waals surface area contributed by atoms with Gasteiger partial charge in [0, 0.05) is 34.6 Å². The van der Waals surface area contributed by atoms with Crippen LogP contribution in [0.1, 0.15) is 34.6 Å². The van der Waals surface area contributed by atoms with E-state index in [1.807, 2.05) is 0 Å². The summed E-state index contributed by atoms with van der Waals surface area (Å²) in [6.45, 7) is 4.40. The molecule has 27 heavy (non-hydrogen) atoms. The first-order valence-corrected chi connectivity index (χ1v) is 7.95. The first-order chi connectivity index (χ1) is 12.5. The van der Waals surface area contributed by atoms with Gasteiger partial charge in [0.1, 0.15) is 0 Å². The average Bonchev–Trinajstić information content (AvgIpc) is 2.49. The fourth-order valence-corrected chi connectivity index (χ4v) is 2.51. The van der Waals surface area contributed by atoms with Gasteiger partial charge in [0.15, 0.2) is 18.8 Å². The van der Waals surface area contributed by atoms with Crippen LogP contribution in [0.5, 0.6) is 0 Å². The summed E-state index contributed by atoms with van der Waals surface area (Å²) in [6.07, 6.45) is -4.10. The zero-order valence-corrected chi connectivity index (χ0v) is 15.6. The van der Waals surface area contributed by atoms with Crippen molar-refractivity contribution in [1.29, 1.82) is 0 Å². The summed E-state index contributed by atoms with van der Waals surface area (Å²) in [6, 6.07) is 0. The zero-order chi connectivity index (χ0) is 20.8. The molecule has 0 radical (unpaired) electrons. The SMILES string of the molecule is CC(=O)OCC1(OC(C)=O)OCC(OC(C)=O)C(OC(C)=O)C1OC(C)=O. The fourth-order valence-electron chi connectivity index (χ4n) is 2.51. The molecule has 0 aliphatic carbocycles. The van der Waals surface area contributed by atoms with Crippen LogP contribution >= 0.6 is 0 Å². The van der Waals surface area contributed by atoms with Crippen molar-refractivity contribution in [2.24, 2.45) is 0 Å². The van der Waals surface area contributed by atoms with Crippen LogP contribution in [0.3, 0.4) is 0 Å². The van der Waals surface area contributed by atoms with E-state index in [0.29, 0.717) is 0 Å². The Morgan fingerprint density at radius 2 is 1.37 bits per heavy atom. The fraction of sp³-hybridized carbons (Fsp3) is 0.688. The second kappa shape index (κ2) is 9.31. The molecule has 0 saturated carbocycles. The standard InChI is InChI=1S/C16H22O11/c1-8(17)22-7-16(27-12(5)21)15(26-11(4)20)14(25-10(3)19)13(6-23-16)24-9(2)18/h13-15H,6-7H2,1-5H3. The van der Waals surface area contributed by atoms with Gasteiger partial charge in [-0.25, -0.2) is 0 Å². The molecule has 4 atom stereocenters. The molecule has 11 nitrogen and oxygen atoms in total. The van der Waals surface area contributed by atoms with Gasteiger partial charge in [0.05, 0.1) is 6.61 Å². The molecule has 0 aromatic carbocycles. The Labute approximate surface area is 155 Å². The van der Waals surface area contributed by atoms with Crippen LogP contribution in [0.4, 0.5) is 0 Å². The number of rotatable bonds is 6. The molecular formula is C16H22O11. The number of ether oxygens (including phenoxy) is 6. The highest BCUT2D eigenvalue weighted by Gasteiger charge is 2.59. The Balaban J connectivity index is 3.37. The highest BCUT2D eigenvalue weighted by Crippen LogP contribution is 2.34. The van der Waals surface area contributed by atoms with E-state index in [4.69, 9.17) is 28.4 Å². The van der Waals surface area contributed by atoms with E-state index in [2.05, 4.69) is 0 Å². The first kappa shape index (κ1) is 22.4.